The van der Waals surface area contributed by atoms with E-state index in [4.69, 9.17) is 14.2 Å². The summed E-state index contributed by atoms with van der Waals surface area (Å²) in [5.74, 6) is 0.473. The summed E-state index contributed by atoms with van der Waals surface area (Å²) in [5.41, 5.74) is 0.345. The third-order valence-electron chi connectivity index (χ3n) is 6.99. The molecule has 196 valence electrons. The summed E-state index contributed by atoms with van der Waals surface area (Å²) in [5, 5.41) is 4.97. The summed E-state index contributed by atoms with van der Waals surface area (Å²) < 4.78 is 18.6. The molecule has 4 rings (SSSR count). The summed E-state index contributed by atoms with van der Waals surface area (Å²) in [4.78, 5) is 29.1. The van der Waals surface area contributed by atoms with Gasteiger partial charge in [0.1, 0.15) is 11.5 Å². The molecule has 3 aromatic carbocycles. The smallest absolute Gasteiger partial charge is 0.254 e. The van der Waals surface area contributed by atoms with Gasteiger partial charge in [0.15, 0.2) is 11.6 Å². The summed E-state index contributed by atoms with van der Waals surface area (Å²) in [6.45, 7) is 5.92. The molecule has 8 heteroatoms. The van der Waals surface area contributed by atoms with E-state index in [-0.39, 0.29) is 30.9 Å². The topological polar surface area (TPSA) is 77.1 Å². The highest BCUT2D eigenvalue weighted by molar-refractivity contribution is 9.10. The van der Waals surface area contributed by atoms with E-state index in [0.29, 0.717) is 23.6 Å². The average Bonchev–Trinajstić information content (AvgIpc) is 2.97. The Morgan fingerprint density at radius 3 is 2.65 bits per heavy atom. The number of benzene rings is 3. The van der Waals surface area contributed by atoms with Crippen LogP contribution in [-0.4, -0.2) is 44.3 Å². The molecule has 0 aliphatic carbocycles. The van der Waals surface area contributed by atoms with Crippen LogP contribution in [0.4, 0.5) is 5.69 Å². The van der Waals surface area contributed by atoms with Crippen LogP contribution in [0.2, 0.25) is 0 Å². The number of nitrogens with zero attached hydrogens (tertiary/aromatic N) is 1. The van der Waals surface area contributed by atoms with Crippen molar-refractivity contribution in [2.75, 3.05) is 25.7 Å². The van der Waals surface area contributed by atoms with Crippen molar-refractivity contribution in [3.63, 3.8) is 0 Å². The molecule has 1 heterocycles. The zero-order valence-electron chi connectivity index (χ0n) is 21.8. The minimum absolute atomic E-state index is 0.109. The Bertz CT molecular complexity index is 1310. The highest BCUT2D eigenvalue weighted by Gasteiger charge is 2.48. The number of anilines is 1. The number of fused-ring (bicyclic) bond motifs is 2. The molecule has 0 spiro atoms. The van der Waals surface area contributed by atoms with Crippen LogP contribution in [0.15, 0.2) is 59.1 Å². The van der Waals surface area contributed by atoms with Gasteiger partial charge in [-0.2, -0.15) is 0 Å². The Hall–Kier alpha value is -3.10. The van der Waals surface area contributed by atoms with E-state index in [9.17, 15) is 9.59 Å². The second kappa shape index (κ2) is 11.1. The Balaban J connectivity index is 1.87. The number of halogens is 1. The molecule has 0 saturated heterocycles. The molecule has 3 aromatic rings. The van der Waals surface area contributed by atoms with Gasteiger partial charge in [-0.15, -0.1) is 0 Å². The molecular weight excluding hydrogens is 536 g/mol. The van der Waals surface area contributed by atoms with Crippen molar-refractivity contribution in [1.29, 1.82) is 0 Å². The highest BCUT2D eigenvalue weighted by atomic mass is 79.9. The first-order valence-corrected chi connectivity index (χ1v) is 13.2. The maximum absolute atomic E-state index is 14.4. The van der Waals surface area contributed by atoms with Gasteiger partial charge < -0.3 is 24.4 Å². The van der Waals surface area contributed by atoms with Crippen LogP contribution in [0.3, 0.4) is 0 Å². The van der Waals surface area contributed by atoms with Gasteiger partial charge in [-0.1, -0.05) is 54.0 Å². The van der Waals surface area contributed by atoms with E-state index < -0.39 is 11.6 Å². The van der Waals surface area contributed by atoms with E-state index >= 15 is 0 Å². The minimum atomic E-state index is -1.13. The van der Waals surface area contributed by atoms with Gasteiger partial charge in [0.2, 0.25) is 5.91 Å². The van der Waals surface area contributed by atoms with Crippen LogP contribution < -0.4 is 19.7 Å². The number of para-hydroxylation sites is 2. The Kier molecular flexibility index (Phi) is 8.09. The van der Waals surface area contributed by atoms with Crippen LogP contribution >= 0.6 is 15.9 Å². The van der Waals surface area contributed by atoms with E-state index in [0.717, 1.165) is 20.8 Å². The van der Waals surface area contributed by atoms with E-state index in [1.807, 2.05) is 68.4 Å². The standard InChI is InChI=1S/C29H33BrN2O5/c1-6-18(2)27(33)31-26-28(34)32(23-9-7-8-10-25(23)37-29(26,3)17-35-4)16-22-21-13-12-20(30)15-19(21)11-14-24(22)36-5/h7-15,18,26H,6,16-17H2,1-5H3,(H,31,33)/t18-,26-,29+/m1/s1. The van der Waals surface area contributed by atoms with Crippen molar-refractivity contribution in [3.8, 4) is 11.5 Å². The molecular formula is C29H33BrN2O5. The SMILES string of the molecule is CC[C@@H](C)C(=O)N[C@@H]1C(=O)N(Cc2c(OC)ccc3cc(Br)ccc23)c2ccccc2O[C@@]1(C)COC. The van der Waals surface area contributed by atoms with Gasteiger partial charge in [-0.25, -0.2) is 0 Å². The molecule has 1 N–H and O–H groups in total. The number of carbonyl (C=O) groups is 2. The minimum Gasteiger partial charge on any atom is -0.496 e. The summed E-state index contributed by atoms with van der Waals surface area (Å²) >= 11 is 3.54. The van der Waals surface area contributed by atoms with Gasteiger partial charge in [-0.3, -0.25) is 9.59 Å². The van der Waals surface area contributed by atoms with Crippen LogP contribution in [0.1, 0.15) is 32.8 Å². The predicted octanol–water partition coefficient (Wildman–Crippen LogP) is 5.47. The number of nitrogens with one attached hydrogen (secondary N) is 1. The number of rotatable bonds is 8. The lowest BCUT2D eigenvalue weighted by molar-refractivity contribution is -0.136. The second-order valence-electron chi connectivity index (χ2n) is 9.60. The Morgan fingerprint density at radius 1 is 1.19 bits per heavy atom. The summed E-state index contributed by atoms with van der Waals surface area (Å²) in [6.07, 6.45) is 0.654. The maximum Gasteiger partial charge on any atom is 0.254 e. The first-order chi connectivity index (χ1) is 17.7. The van der Waals surface area contributed by atoms with Gasteiger partial charge in [-0.05, 0) is 54.4 Å². The molecule has 0 unspecified atom stereocenters. The maximum atomic E-state index is 14.4. The zero-order chi connectivity index (χ0) is 26.7. The lowest BCUT2D eigenvalue weighted by Gasteiger charge is -2.36. The molecule has 0 aromatic heterocycles. The largest absolute Gasteiger partial charge is 0.496 e. The van der Waals surface area contributed by atoms with Gasteiger partial charge in [0.05, 0.1) is 25.9 Å². The van der Waals surface area contributed by atoms with Gasteiger partial charge in [0.25, 0.3) is 5.91 Å². The van der Waals surface area contributed by atoms with Crippen LogP contribution in [-0.2, 0) is 20.9 Å². The molecule has 2 amide bonds. The predicted molar refractivity (Wildman–Crippen MR) is 148 cm³/mol. The van der Waals surface area contributed by atoms with Crippen molar-refractivity contribution in [3.05, 3.63) is 64.6 Å². The van der Waals surface area contributed by atoms with Crippen LogP contribution in [0.25, 0.3) is 10.8 Å². The number of methoxy groups -OCH3 is 2. The third kappa shape index (κ3) is 5.31. The number of amides is 2. The highest BCUT2D eigenvalue weighted by Crippen LogP contribution is 2.40. The number of hydrogen-bond donors (Lipinski definition) is 1. The first-order valence-electron chi connectivity index (χ1n) is 12.4. The molecule has 7 nitrogen and oxygen atoms in total. The van der Waals surface area contributed by atoms with E-state index in [1.54, 1.807) is 26.0 Å². The lowest BCUT2D eigenvalue weighted by atomic mass is 9.94. The number of carbonyl (C=O) groups excluding carboxylic acids is 2. The van der Waals surface area contributed by atoms with Crippen molar-refractivity contribution >= 4 is 44.2 Å². The fourth-order valence-electron chi connectivity index (χ4n) is 4.72. The third-order valence-corrected chi connectivity index (χ3v) is 7.48. The molecule has 0 radical (unpaired) electrons. The average molecular weight is 569 g/mol. The van der Waals surface area contributed by atoms with Gasteiger partial charge >= 0.3 is 0 Å². The summed E-state index contributed by atoms with van der Waals surface area (Å²) in [7, 11) is 3.18. The molecule has 0 bridgehead atoms. The molecule has 0 saturated carbocycles. The molecule has 3 atom stereocenters. The zero-order valence-corrected chi connectivity index (χ0v) is 23.4. The number of ether oxygens (including phenoxy) is 3. The van der Waals surface area contributed by atoms with Crippen LogP contribution in [0, 0.1) is 5.92 Å². The van der Waals surface area contributed by atoms with E-state index in [2.05, 4.69) is 21.2 Å². The van der Waals surface area contributed by atoms with E-state index in [1.165, 1.54) is 0 Å². The summed E-state index contributed by atoms with van der Waals surface area (Å²) in [6, 6.07) is 16.4. The normalized spacial score (nSPS) is 20.1. The Labute approximate surface area is 226 Å². The Morgan fingerprint density at radius 2 is 1.95 bits per heavy atom. The van der Waals surface area contributed by atoms with Gasteiger partial charge in [0, 0.05) is 23.1 Å². The number of hydrogen-bond acceptors (Lipinski definition) is 5. The lowest BCUT2D eigenvalue weighted by Crippen LogP contribution is -2.63. The molecule has 1 aliphatic rings. The molecule has 37 heavy (non-hydrogen) atoms. The quantitative estimate of drug-likeness (QED) is 0.389. The fourth-order valence-corrected chi connectivity index (χ4v) is 5.10. The molecule has 0 fully saturated rings. The van der Waals surface area contributed by atoms with Crippen molar-refractivity contribution in [1.82, 2.24) is 5.32 Å². The monoisotopic (exact) mass is 568 g/mol. The molecule has 1 aliphatic heterocycles. The van der Waals surface area contributed by atoms with Crippen LogP contribution in [0.5, 0.6) is 11.5 Å². The van der Waals surface area contributed by atoms with Crippen molar-refractivity contribution < 1.29 is 23.8 Å². The fraction of sp³-hybridized carbons (Fsp3) is 0.379. The van der Waals surface area contributed by atoms with Crippen molar-refractivity contribution in [2.45, 2.75) is 45.4 Å². The second-order valence-corrected chi connectivity index (χ2v) is 10.5. The van der Waals surface area contributed by atoms with Crippen molar-refractivity contribution in [2.24, 2.45) is 5.92 Å². The first kappa shape index (κ1) is 26.9.